The van der Waals surface area contributed by atoms with E-state index in [2.05, 4.69) is 4.98 Å². The van der Waals surface area contributed by atoms with Crippen molar-refractivity contribution in [3.05, 3.63) is 54.6 Å². The molecule has 0 bridgehead atoms. The normalized spacial score (nSPS) is 10.4. The Morgan fingerprint density at radius 2 is 1.73 bits per heavy atom. The Kier molecular flexibility index (Phi) is 4.25. The van der Waals surface area contributed by atoms with Crippen molar-refractivity contribution >= 4 is 16.5 Å². The van der Waals surface area contributed by atoms with Crippen molar-refractivity contribution in [1.82, 2.24) is 4.98 Å². The Morgan fingerprint density at radius 1 is 1.00 bits per heavy atom. The van der Waals surface area contributed by atoms with Gasteiger partial charge in [-0.05, 0) is 43.3 Å². The highest BCUT2D eigenvalue weighted by atomic mass is 32.1. The van der Waals surface area contributed by atoms with Crippen molar-refractivity contribution in [1.29, 1.82) is 0 Å². The molecule has 0 radical (unpaired) electrons. The van der Waals surface area contributed by atoms with Crippen LogP contribution in [0.3, 0.4) is 0 Å². The average Bonchev–Trinajstić information content (AvgIpc) is 2.90. The Bertz CT molecular complexity index is 739. The molecule has 3 rings (SSSR count). The first kappa shape index (κ1) is 14.4. The summed E-state index contributed by atoms with van der Waals surface area (Å²) >= 11 is 1.33. The Hall–Kier alpha value is -2.53. The second-order valence-electron chi connectivity index (χ2n) is 4.56. The van der Waals surface area contributed by atoms with Crippen LogP contribution in [0.25, 0.3) is 11.3 Å². The highest BCUT2D eigenvalue weighted by Gasteiger charge is 2.14. The zero-order chi connectivity index (χ0) is 15.4. The number of nitrogens with two attached hydrogens (primary N) is 1. The first-order valence-electron chi connectivity index (χ1n) is 6.98. The molecule has 0 aliphatic heterocycles. The van der Waals surface area contributed by atoms with Crippen LogP contribution in [0.15, 0.2) is 54.6 Å². The number of ether oxygens (including phenoxy) is 2. The lowest BCUT2D eigenvalue weighted by Crippen LogP contribution is -1.91. The maximum Gasteiger partial charge on any atom is 0.210 e. The maximum atomic E-state index is 5.91. The molecule has 0 saturated heterocycles. The molecule has 0 amide bonds. The van der Waals surface area contributed by atoms with Crippen LogP contribution in [0.1, 0.15) is 6.92 Å². The third-order valence-corrected chi connectivity index (χ3v) is 3.77. The zero-order valence-electron chi connectivity index (χ0n) is 12.2. The molecule has 0 aliphatic carbocycles. The van der Waals surface area contributed by atoms with Crippen LogP contribution in [0, 0.1) is 0 Å². The predicted molar refractivity (Wildman–Crippen MR) is 89.6 cm³/mol. The van der Waals surface area contributed by atoms with E-state index in [-0.39, 0.29) is 0 Å². The number of hydrogen-bond donors (Lipinski definition) is 1. The van der Waals surface area contributed by atoms with Gasteiger partial charge in [-0.25, -0.2) is 4.98 Å². The van der Waals surface area contributed by atoms with Crippen LogP contribution < -0.4 is 15.2 Å². The van der Waals surface area contributed by atoms with Gasteiger partial charge >= 0.3 is 0 Å². The number of nitrogens with zero attached hydrogens (tertiary/aromatic N) is 1. The molecule has 1 aromatic heterocycles. The van der Waals surface area contributed by atoms with Crippen LogP contribution in [0.5, 0.6) is 16.6 Å². The van der Waals surface area contributed by atoms with Crippen LogP contribution in [0.2, 0.25) is 0 Å². The minimum Gasteiger partial charge on any atom is -0.494 e. The third kappa shape index (κ3) is 3.20. The van der Waals surface area contributed by atoms with E-state index < -0.39 is 0 Å². The molecule has 2 N–H and O–H groups in total. The summed E-state index contributed by atoms with van der Waals surface area (Å²) in [5, 5.41) is 1.17. The number of nitrogen functional groups attached to an aromatic ring is 1. The lowest BCUT2D eigenvalue weighted by molar-refractivity contribution is 0.340. The van der Waals surface area contributed by atoms with Crippen LogP contribution in [-0.4, -0.2) is 11.6 Å². The van der Waals surface area contributed by atoms with Crippen LogP contribution in [-0.2, 0) is 0 Å². The van der Waals surface area contributed by atoms with Gasteiger partial charge in [0.1, 0.15) is 17.2 Å². The van der Waals surface area contributed by atoms with E-state index in [1.54, 1.807) is 0 Å². The summed E-state index contributed by atoms with van der Waals surface area (Å²) in [6.07, 6.45) is 0. The van der Waals surface area contributed by atoms with Crippen molar-refractivity contribution in [3.8, 4) is 27.8 Å². The summed E-state index contributed by atoms with van der Waals surface area (Å²) in [4.78, 5) is 4.38. The predicted octanol–water partition coefficient (Wildman–Crippen LogP) is 4.58. The molecule has 0 saturated carbocycles. The molecule has 4 nitrogen and oxygen atoms in total. The zero-order valence-corrected chi connectivity index (χ0v) is 13.0. The molecule has 5 heteroatoms. The van der Waals surface area contributed by atoms with E-state index in [4.69, 9.17) is 15.2 Å². The Labute approximate surface area is 133 Å². The molecule has 0 aliphatic rings. The van der Waals surface area contributed by atoms with E-state index in [9.17, 15) is 0 Å². The number of rotatable bonds is 5. The Morgan fingerprint density at radius 3 is 2.41 bits per heavy atom. The number of benzene rings is 2. The first-order chi connectivity index (χ1) is 10.8. The van der Waals surface area contributed by atoms with Gasteiger partial charge in [0.05, 0.1) is 6.61 Å². The topological polar surface area (TPSA) is 57.4 Å². The monoisotopic (exact) mass is 312 g/mol. The second kappa shape index (κ2) is 6.49. The van der Waals surface area contributed by atoms with E-state index in [0.29, 0.717) is 16.8 Å². The lowest BCUT2D eigenvalue weighted by atomic mass is 10.1. The number of anilines is 1. The van der Waals surface area contributed by atoms with Gasteiger partial charge in [-0.1, -0.05) is 29.5 Å². The van der Waals surface area contributed by atoms with Gasteiger partial charge in [0.2, 0.25) is 5.06 Å². The van der Waals surface area contributed by atoms with Crippen molar-refractivity contribution in [2.24, 2.45) is 0 Å². The molecule has 0 spiro atoms. The molecule has 0 fully saturated rings. The molecule has 0 unspecified atom stereocenters. The first-order valence-corrected chi connectivity index (χ1v) is 7.80. The number of aromatic nitrogens is 1. The molecule has 22 heavy (non-hydrogen) atoms. The molecule has 112 valence electrons. The van der Waals surface area contributed by atoms with Gasteiger partial charge in [0, 0.05) is 5.56 Å². The number of hydrogen-bond acceptors (Lipinski definition) is 5. The SMILES string of the molecule is CCOc1ccc(-c2nc(N)sc2Oc2ccccc2)cc1. The smallest absolute Gasteiger partial charge is 0.210 e. The highest BCUT2D eigenvalue weighted by molar-refractivity contribution is 7.17. The molecular formula is C17H16N2O2S. The fraction of sp³-hybridized carbons (Fsp3) is 0.118. The standard InChI is InChI=1S/C17H16N2O2S/c1-2-20-13-10-8-12(9-11-13)15-16(22-17(18)19-15)21-14-6-4-3-5-7-14/h3-11H,2H2,1H3,(H2,18,19). The number of thiazole rings is 1. The summed E-state index contributed by atoms with van der Waals surface area (Å²) in [5.41, 5.74) is 7.54. The van der Waals surface area contributed by atoms with Crippen molar-refractivity contribution < 1.29 is 9.47 Å². The summed E-state index contributed by atoms with van der Waals surface area (Å²) in [7, 11) is 0. The van der Waals surface area contributed by atoms with Gasteiger partial charge in [-0.2, -0.15) is 0 Å². The molecule has 1 heterocycles. The fourth-order valence-electron chi connectivity index (χ4n) is 2.04. The molecule has 0 atom stereocenters. The number of para-hydroxylation sites is 1. The lowest BCUT2D eigenvalue weighted by Gasteiger charge is -2.06. The summed E-state index contributed by atoms with van der Waals surface area (Å²) in [6.45, 7) is 2.60. The van der Waals surface area contributed by atoms with Crippen molar-refractivity contribution in [2.45, 2.75) is 6.92 Å². The van der Waals surface area contributed by atoms with Gasteiger partial charge in [0.15, 0.2) is 5.13 Å². The van der Waals surface area contributed by atoms with E-state index in [0.717, 1.165) is 22.8 Å². The summed E-state index contributed by atoms with van der Waals surface area (Å²) in [6, 6.07) is 17.3. The molecule has 2 aromatic carbocycles. The highest BCUT2D eigenvalue weighted by Crippen LogP contribution is 2.39. The van der Waals surface area contributed by atoms with E-state index in [1.807, 2.05) is 61.5 Å². The van der Waals surface area contributed by atoms with Gasteiger partial charge in [0.25, 0.3) is 0 Å². The van der Waals surface area contributed by atoms with Crippen molar-refractivity contribution in [3.63, 3.8) is 0 Å². The molecular weight excluding hydrogens is 296 g/mol. The average molecular weight is 312 g/mol. The minimum atomic E-state index is 0.481. The van der Waals surface area contributed by atoms with E-state index in [1.165, 1.54) is 11.3 Å². The van der Waals surface area contributed by atoms with Gasteiger partial charge in [-0.3, -0.25) is 0 Å². The van der Waals surface area contributed by atoms with E-state index >= 15 is 0 Å². The van der Waals surface area contributed by atoms with Crippen LogP contribution >= 0.6 is 11.3 Å². The summed E-state index contributed by atoms with van der Waals surface area (Å²) < 4.78 is 11.4. The van der Waals surface area contributed by atoms with Crippen molar-refractivity contribution in [2.75, 3.05) is 12.3 Å². The van der Waals surface area contributed by atoms with Crippen LogP contribution in [0.4, 0.5) is 5.13 Å². The molecule has 3 aromatic rings. The van der Waals surface area contributed by atoms with Gasteiger partial charge < -0.3 is 15.2 Å². The second-order valence-corrected chi connectivity index (χ2v) is 5.55. The Balaban J connectivity index is 1.90. The quantitative estimate of drug-likeness (QED) is 0.749. The fourth-order valence-corrected chi connectivity index (χ4v) is 2.77. The maximum absolute atomic E-state index is 5.91. The third-order valence-electron chi connectivity index (χ3n) is 3.01. The minimum absolute atomic E-state index is 0.481. The summed E-state index contributed by atoms with van der Waals surface area (Å²) in [5.74, 6) is 1.60. The largest absolute Gasteiger partial charge is 0.494 e. The van der Waals surface area contributed by atoms with Gasteiger partial charge in [-0.15, -0.1) is 0 Å².